The van der Waals surface area contributed by atoms with E-state index in [1.807, 2.05) is 0 Å². The highest BCUT2D eigenvalue weighted by molar-refractivity contribution is 7.92. The van der Waals surface area contributed by atoms with E-state index < -0.39 is 15.8 Å². The number of halogens is 1. The highest BCUT2D eigenvalue weighted by Gasteiger charge is 2.24. The summed E-state index contributed by atoms with van der Waals surface area (Å²) in [6.07, 6.45) is 1.22. The van der Waals surface area contributed by atoms with Gasteiger partial charge in [-0.2, -0.15) is 0 Å². The Morgan fingerprint density at radius 2 is 2.30 bits per heavy atom. The molecule has 1 fully saturated rings. The average Bonchev–Trinajstić information content (AvgIpc) is 2.83. The van der Waals surface area contributed by atoms with Gasteiger partial charge in [-0.1, -0.05) is 12.2 Å². The van der Waals surface area contributed by atoms with Crippen LogP contribution in [0.3, 0.4) is 0 Å². The third-order valence-electron chi connectivity index (χ3n) is 2.95. The van der Waals surface area contributed by atoms with Crippen LogP contribution in [0.5, 0.6) is 0 Å². The molecule has 0 amide bonds. The van der Waals surface area contributed by atoms with Crippen molar-refractivity contribution in [2.75, 3.05) is 17.1 Å². The van der Waals surface area contributed by atoms with E-state index in [1.165, 1.54) is 12.1 Å². The Kier molecular flexibility index (Phi) is 4.56. The third kappa shape index (κ3) is 3.87. The van der Waals surface area contributed by atoms with Gasteiger partial charge in [-0.25, -0.2) is 12.8 Å². The fourth-order valence-corrected chi connectivity index (χ4v) is 3.44. The molecule has 1 heterocycles. The summed E-state index contributed by atoms with van der Waals surface area (Å²) in [5.74, 6) is -0.894. The molecule has 1 atom stereocenters. The number of nitrogens with two attached hydrogens (primary N) is 1. The van der Waals surface area contributed by atoms with Crippen LogP contribution in [0.25, 0.3) is 0 Å². The minimum atomic E-state index is -3.65. The lowest BCUT2D eigenvalue weighted by atomic mass is 10.2. The summed E-state index contributed by atoms with van der Waals surface area (Å²) in [4.78, 5) is 0.0534. The molecule has 1 aliphatic heterocycles. The van der Waals surface area contributed by atoms with Gasteiger partial charge in [0.25, 0.3) is 0 Å². The third-order valence-corrected chi connectivity index (χ3v) is 4.53. The minimum absolute atomic E-state index is 0.0534. The highest BCUT2D eigenvalue weighted by atomic mass is 32.2. The van der Waals surface area contributed by atoms with E-state index >= 15 is 0 Å². The van der Waals surface area contributed by atoms with Crippen LogP contribution in [0.4, 0.5) is 10.1 Å². The fraction of sp³-hybridized carbons (Fsp3) is 0.417. The Hall–Kier alpha value is -1.25. The van der Waals surface area contributed by atoms with Crippen LogP contribution in [0, 0.1) is 5.82 Å². The monoisotopic (exact) mass is 318 g/mol. The second-order valence-electron chi connectivity index (χ2n) is 4.58. The maximum absolute atomic E-state index is 13.8. The van der Waals surface area contributed by atoms with Gasteiger partial charge in [-0.3, -0.25) is 4.72 Å². The van der Waals surface area contributed by atoms with Crippen molar-refractivity contribution < 1.29 is 17.5 Å². The maximum atomic E-state index is 13.8. The predicted octanol–water partition coefficient (Wildman–Crippen LogP) is 1.38. The van der Waals surface area contributed by atoms with Gasteiger partial charge in [0, 0.05) is 12.2 Å². The van der Waals surface area contributed by atoms with Crippen molar-refractivity contribution in [1.29, 1.82) is 0 Å². The zero-order chi connectivity index (χ0) is 14.8. The van der Waals surface area contributed by atoms with E-state index in [-0.39, 0.29) is 22.5 Å². The minimum Gasteiger partial charge on any atom is -0.389 e. The van der Waals surface area contributed by atoms with Gasteiger partial charge in [0.2, 0.25) is 10.0 Å². The normalized spacial score (nSPS) is 18.9. The molecular weight excluding hydrogens is 303 g/mol. The summed E-state index contributed by atoms with van der Waals surface area (Å²) >= 11 is 4.73. The van der Waals surface area contributed by atoms with Gasteiger partial charge in [-0.15, -0.1) is 0 Å². The number of hydrogen-bond acceptors (Lipinski definition) is 4. The summed E-state index contributed by atoms with van der Waals surface area (Å²) in [6, 6.07) is 3.87. The summed E-state index contributed by atoms with van der Waals surface area (Å²) in [6.45, 7) is 0.567. The Balaban J connectivity index is 2.10. The highest BCUT2D eigenvalue weighted by Crippen LogP contribution is 2.19. The van der Waals surface area contributed by atoms with Crippen molar-refractivity contribution >= 4 is 32.9 Å². The summed E-state index contributed by atoms with van der Waals surface area (Å²) in [7, 11) is -3.65. The number of benzene rings is 1. The quantitative estimate of drug-likeness (QED) is 0.802. The van der Waals surface area contributed by atoms with Crippen LogP contribution in [0.2, 0.25) is 0 Å². The summed E-state index contributed by atoms with van der Waals surface area (Å²) in [5, 5.41) is 0. The largest absolute Gasteiger partial charge is 0.389 e. The van der Waals surface area contributed by atoms with Crippen LogP contribution in [0.1, 0.15) is 18.4 Å². The van der Waals surface area contributed by atoms with Crippen molar-refractivity contribution in [2.45, 2.75) is 18.9 Å². The molecule has 2 rings (SSSR count). The Bertz CT molecular complexity index is 613. The van der Waals surface area contributed by atoms with Gasteiger partial charge in [0.15, 0.2) is 0 Å². The van der Waals surface area contributed by atoms with Crippen molar-refractivity contribution in [1.82, 2.24) is 0 Å². The number of sulfonamides is 1. The molecule has 1 aromatic carbocycles. The SMILES string of the molecule is NC(=S)c1ccc(NS(=O)(=O)CC2CCCO2)c(F)c1. The summed E-state index contributed by atoms with van der Waals surface area (Å²) in [5.41, 5.74) is 5.60. The molecule has 0 saturated carbocycles. The number of anilines is 1. The van der Waals surface area contributed by atoms with Crippen LogP contribution < -0.4 is 10.5 Å². The van der Waals surface area contributed by atoms with Crippen LogP contribution >= 0.6 is 12.2 Å². The van der Waals surface area contributed by atoms with Crippen molar-refractivity contribution in [3.8, 4) is 0 Å². The van der Waals surface area contributed by atoms with Gasteiger partial charge >= 0.3 is 0 Å². The lowest BCUT2D eigenvalue weighted by Gasteiger charge is -2.13. The molecule has 8 heteroatoms. The zero-order valence-corrected chi connectivity index (χ0v) is 12.3. The molecule has 5 nitrogen and oxygen atoms in total. The number of nitrogens with one attached hydrogen (secondary N) is 1. The van der Waals surface area contributed by atoms with Crippen LogP contribution in [-0.4, -0.2) is 31.9 Å². The molecule has 1 aromatic rings. The van der Waals surface area contributed by atoms with Crippen molar-refractivity contribution in [3.05, 3.63) is 29.6 Å². The molecule has 0 bridgehead atoms. The molecule has 20 heavy (non-hydrogen) atoms. The molecule has 0 aliphatic carbocycles. The number of ether oxygens (including phenoxy) is 1. The fourth-order valence-electron chi connectivity index (χ4n) is 1.98. The van der Waals surface area contributed by atoms with E-state index in [1.54, 1.807) is 0 Å². The number of rotatable bonds is 5. The van der Waals surface area contributed by atoms with Crippen LogP contribution in [0.15, 0.2) is 18.2 Å². The van der Waals surface area contributed by atoms with E-state index in [4.69, 9.17) is 22.7 Å². The van der Waals surface area contributed by atoms with Gasteiger partial charge in [-0.05, 0) is 31.0 Å². The lowest BCUT2D eigenvalue weighted by molar-refractivity contribution is 0.127. The molecule has 0 spiro atoms. The molecule has 1 aliphatic rings. The Morgan fingerprint density at radius 3 is 2.85 bits per heavy atom. The predicted molar refractivity (Wildman–Crippen MR) is 78.7 cm³/mol. The second-order valence-corrected chi connectivity index (χ2v) is 6.78. The Labute approximate surface area is 122 Å². The number of thiocarbonyl (C=S) groups is 1. The first-order chi connectivity index (χ1) is 9.37. The van der Waals surface area contributed by atoms with E-state index in [0.29, 0.717) is 18.6 Å². The first kappa shape index (κ1) is 15.1. The van der Waals surface area contributed by atoms with Gasteiger partial charge in [0.1, 0.15) is 10.8 Å². The standard InChI is InChI=1S/C12H15FN2O3S2/c13-10-6-8(12(14)19)3-4-11(10)15-20(16,17)7-9-2-1-5-18-9/h3-4,6,9,15H,1-2,5,7H2,(H2,14,19). The molecule has 0 radical (unpaired) electrons. The molecular formula is C12H15FN2O3S2. The van der Waals surface area contributed by atoms with E-state index in [9.17, 15) is 12.8 Å². The molecule has 110 valence electrons. The molecule has 1 unspecified atom stereocenters. The average molecular weight is 318 g/mol. The maximum Gasteiger partial charge on any atom is 0.235 e. The summed E-state index contributed by atoms with van der Waals surface area (Å²) < 4.78 is 45.1. The lowest BCUT2D eigenvalue weighted by Crippen LogP contribution is -2.26. The van der Waals surface area contributed by atoms with E-state index in [2.05, 4.69) is 4.72 Å². The Morgan fingerprint density at radius 1 is 1.55 bits per heavy atom. The number of hydrogen-bond donors (Lipinski definition) is 2. The van der Waals surface area contributed by atoms with E-state index in [0.717, 1.165) is 12.5 Å². The topological polar surface area (TPSA) is 81.4 Å². The molecule has 0 aromatic heterocycles. The molecule has 3 N–H and O–H groups in total. The van der Waals surface area contributed by atoms with Gasteiger partial charge in [0.05, 0.1) is 17.5 Å². The zero-order valence-electron chi connectivity index (χ0n) is 10.6. The molecule has 1 saturated heterocycles. The first-order valence-corrected chi connectivity index (χ1v) is 8.15. The second kappa shape index (κ2) is 6.02. The van der Waals surface area contributed by atoms with Crippen molar-refractivity contribution in [2.24, 2.45) is 5.73 Å². The van der Waals surface area contributed by atoms with Crippen molar-refractivity contribution in [3.63, 3.8) is 0 Å². The van der Waals surface area contributed by atoms with Crippen LogP contribution in [-0.2, 0) is 14.8 Å². The first-order valence-electron chi connectivity index (χ1n) is 6.09. The smallest absolute Gasteiger partial charge is 0.235 e. The van der Waals surface area contributed by atoms with Gasteiger partial charge < -0.3 is 10.5 Å².